The summed E-state index contributed by atoms with van der Waals surface area (Å²) in [6.45, 7) is 3.42. The second-order valence-corrected chi connectivity index (χ2v) is 10.7. The first-order valence-corrected chi connectivity index (χ1v) is 13.9. The number of anilines is 1. The molecular formula is C32H27F2N7O4. The lowest BCUT2D eigenvalue weighted by Gasteiger charge is -2.16. The second-order valence-electron chi connectivity index (χ2n) is 10.7. The molecule has 3 heterocycles. The molecule has 228 valence electrons. The third-order valence-electron chi connectivity index (χ3n) is 7.27. The van der Waals surface area contributed by atoms with Gasteiger partial charge < -0.3 is 10.1 Å². The van der Waals surface area contributed by atoms with Crippen molar-refractivity contribution in [1.29, 1.82) is 0 Å². The van der Waals surface area contributed by atoms with E-state index in [1.165, 1.54) is 28.8 Å². The number of halogens is 2. The zero-order valence-corrected chi connectivity index (χ0v) is 24.7. The highest BCUT2D eigenvalue weighted by atomic mass is 19.1. The Morgan fingerprint density at radius 1 is 0.911 bits per heavy atom. The number of carbonyl (C=O) groups excluding carboxylic acids is 1. The lowest BCUT2D eigenvalue weighted by Crippen LogP contribution is -2.42. The minimum absolute atomic E-state index is 0.0510. The molecule has 0 aliphatic heterocycles. The Hall–Kier alpha value is -5.85. The van der Waals surface area contributed by atoms with Gasteiger partial charge in [-0.15, -0.1) is 0 Å². The van der Waals surface area contributed by atoms with Gasteiger partial charge in [-0.05, 0) is 62.4 Å². The molecule has 0 spiro atoms. The van der Waals surface area contributed by atoms with Gasteiger partial charge in [0.05, 0.1) is 23.6 Å². The highest BCUT2D eigenvalue weighted by Gasteiger charge is 2.21. The largest absolute Gasteiger partial charge is 0.454 e. The van der Waals surface area contributed by atoms with Gasteiger partial charge in [0.15, 0.2) is 11.6 Å². The normalized spacial score (nSPS) is 11.4. The highest BCUT2D eigenvalue weighted by Crippen LogP contribution is 2.38. The maximum Gasteiger partial charge on any atom is 0.335 e. The summed E-state index contributed by atoms with van der Waals surface area (Å²) in [5.41, 5.74) is 0.466. The number of hydrogen-bond acceptors (Lipinski definition) is 6. The molecule has 0 fully saturated rings. The predicted octanol–water partition coefficient (Wildman–Crippen LogP) is 5.19. The van der Waals surface area contributed by atoms with E-state index in [1.54, 1.807) is 48.7 Å². The number of nitrogens with one attached hydrogen (secondary N) is 1. The predicted molar refractivity (Wildman–Crippen MR) is 164 cm³/mol. The van der Waals surface area contributed by atoms with E-state index in [1.807, 2.05) is 19.3 Å². The minimum atomic E-state index is -0.907. The zero-order chi connectivity index (χ0) is 32.0. The van der Waals surface area contributed by atoms with Crippen molar-refractivity contribution < 1.29 is 18.3 Å². The molecule has 13 heteroatoms. The smallest absolute Gasteiger partial charge is 0.335 e. The molecule has 0 saturated carbocycles. The van der Waals surface area contributed by atoms with Gasteiger partial charge in [-0.1, -0.05) is 0 Å². The first-order valence-electron chi connectivity index (χ1n) is 13.9. The van der Waals surface area contributed by atoms with Crippen molar-refractivity contribution in [3.63, 3.8) is 0 Å². The number of rotatable bonds is 7. The fraction of sp³-hybridized carbons (Fsp3) is 0.156. The van der Waals surface area contributed by atoms with Crippen LogP contribution in [-0.4, -0.2) is 34.6 Å². The quantitative estimate of drug-likeness (QED) is 0.266. The van der Waals surface area contributed by atoms with Gasteiger partial charge in [0.2, 0.25) is 0 Å². The topological polar surface area (TPSA) is 118 Å². The Morgan fingerprint density at radius 2 is 1.67 bits per heavy atom. The molecule has 0 radical (unpaired) electrons. The van der Waals surface area contributed by atoms with Crippen molar-refractivity contribution in [1.82, 2.24) is 28.7 Å². The first-order chi connectivity index (χ1) is 21.5. The number of aromatic nitrogens is 6. The number of hydrogen-bond donors (Lipinski definition) is 1. The Kier molecular flexibility index (Phi) is 7.36. The van der Waals surface area contributed by atoms with Crippen molar-refractivity contribution in [2.24, 2.45) is 14.1 Å². The third-order valence-corrected chi connectivity index (χ3v) is 7.27. The van der Waals surface area contributed by atoms with E-state index in [0.29, 0.717) is 11.3 Å². The van der Waals surface area contributed by atoms with Gasteiger partial charge in [0.1, 0.15) is 17.1 Å². The molecule has 0 aliphatic carbocycles. The van der Waals surface area contributed by atoms with E-state index in [9.17, 15) is 18.8 Å². The van der Waals surface area contributed by atoms with Gasteiger partial charge >= 0.3 is 5.69 Å². The van der Waals surface area contributed by atoms with Crippen molar-refractivity contribution >= 4 is 22.5 Å². The van der Waals surface area contributed by atoms with Crippen LogP contribution in [0.5, 0.6) is 11.5 Å². The number of benzene rings is 3. The van der Waals surface area contributed by atoms with Crippen LogP contribution in [0.1, 0.15) is 30.2 Å². The van der Waals surface area contributed by atoms with Crippen LogP contribution >= 0.6 is 0 Å². The summed E-state index contributed by atoms with van der Waals surface area (Å²) >= 11 is 0. The molecule has 6 rings (SSSR count). The van der Waals surface area contributed by atoms with Gasteiger partial charge in [-0.2, -0.15) is 10.2 Å². The van der Waals surface area contributed by atoms with Crippen LogP contribution in [-0.2, 0) is 14.1 Å². The molecule has 0 unspecified atom stereocenters. The number of amides is 1. The number of ether oxygens (including phenoxy) is 1. The van der Waals surface area contributed by atoms with Crippen LogP contribution in [0, 0.1) is 11.6 Å². The standard InChI is InChI=1S/C32H27F2N7O4/c1-18(2)40-17-25(31(43)41(32(40)44)23-8-5-21(33)6-9-23)30(42)37-22-7-10-28(26(34)12-22)45-29-11-19-14-36-39(4)27(19)13-24(29)20-15-35-38(3)16-20/h5-18H,1-4H3,(H,37,42). The highest BCUT2D eigenvalue weighted by molar-refractivity contribution is 6.04. The molecule has 1 amide bonds. The van der Waals surface area contributed by atoms with Crippen LogP contribution in [0.4, 0.5) is 14.5 Å². The molecule has 11 nitrogen and oxygen atoms in total. The molecule has 0 atom stereocenters. The monoisotopic (exact) mass is 611 g/mol. The van der Waals surface area contributed by atoms with E-state index in [-0.39, 0.29) is 22.7 Å². The summed E-state index contributed by atoms with van der Waals surface area (Å²) in [5.74, 6) is -1.92. The molecule has 3 aromatic heterocycles. The Bertz CT molecular complexity index is 2210. The average molecular weight is 612 g/mol. The van der Waals surface area contributed by atoms with Gasteiger partial charge in [-0.3, -0.25) is 23.5 Å². The number of nitrogens with zero attached hydrogens (tertiary/aromatic N) is 6. The van der Waals surface area contributed by atoms with Crippen molar-refractivity contribution in [3.05, 3.63) is 117 Å². The van der Waals surface area contributed by atoms with Gasteiger partial charge in [-0.25, -0.2) is 18.1 Å². The first kappa shape index (κ1) is 29.2. The van der Waals surface area contributed by atoms with Gasteiger partial charge in [0.25, 0.3) is 11.5 Å². The van der Waals surface area contributed by atoms with Crippen LogP contribution < -0.4 is 21.3 Å². The summed E-state index contributed by atoms with van der Waals surface area (Å²) in [7, 11) is 3.60. The number of aryl methyl sites for hydroxylation is 2. The second kappa shape index (κ2) is 11.3. The molecule has 3 aromatic carbocycles. The molecular weight excluding hydrogens is 584 g/mol. The summed E-state index contributed by atoms with van der Waals surface area (Å²) in [6, 6.07) is 11.8. The average Bonchev–Trinajstić information content (AvgIpc) is 3.59. The van der Waals surface area contributed by atoms with Crippen molar-refractivity contribution in [2.75, 3.05) is 5.32 Å². The minimum Gasteiger partial charge on any atom is -0.454 e. The lowest BCUT2D eigenvalue weighted by molar-refractivity contribution is 0.102. The summed E-state index contributed by atoms with van der Waals surface area (Å²) in [4.78, 5) is 39.7. The molecule has 45 heavy (non-hydrogen) atoms. The van der Waals surface area contributed by atoms with E-state index in [4.69, 9.17) is 4.74 Å². The number of fused-ring (bicyclic) bond motifs is 1. The molecule has 0 saturated heterocycles. The fourth-order valence-corrected chi connectivity index (χ4v) is 4.94. The van der Waals surface area contributed by atoms with E-state index in [2.05, 4.69) is 15.5 Å². The lowest BCUT2D eigenvalue weighted by atomic mass is 10.1. The number of carbonyl (C=O) groups is 1. The fourth-order valence-electron chi connectivity index (χ4n) is 4.94. The maximum absolute atomic E-state index is 15.4. The molecule has 0 bridgehead atoms. The van der Waals surface area contributed by atoms with Crippen molar-refractivity contribution in [3.8, 4) is 28.3 Å². The van der Waals surface area contributed by atoms with E-state index < -0.39 is 34.8 Å². The Balaban J connectivity index is 1.32. The molecule has 0 aliphatic rings. The SMILES string of the molecule is CC(C)n1cc(C(=O)Nc2ccc(Oc3cc4cnn(C)c4cc3-c3cnn(C)c3)c(F)c2)c(=O)n(-c2ccc(F)cc2)c1=O. The summed E-state index contributed by atoms with van der Waals surface area (Å²) in [5, 5.41) is 11.8. The zero-order valence-electron chi connectivity index (χ0n) is 24.7. The van der Waals surface area contributed by atoms with Crippen LogP contribution in [0.3, 0.4) is 0 Å². The van der Waals surface area contributed by atoms with Crippen molar-refractivity contribution in [2.45, 2.75) is 19.9 Å². The van der Waals surface area contributed by atoms with E-state index >= 15 is 4.39 Å². The summed E-state index contributed by atoms with van der Waals surface area (Å²) in [6.07, 6.45) is 6.32. The molecule has 1 N–H and O–H groups in total. The maximum atomic E-state index is 15.4. The summed E-state index contributed by atoms with van der Waals surface area (Å²) < 4.78 is 40.4. The van der Waals surface area contributed by atoms with Gasteiger partial charge in [0, 0.05) is 60.8 Å². The molecule has 6 aromatic rings. The Morgan fingerprint density at radius 3 is 2.33 bits per heavy atom. The van der Waals surface area contributed by atoms with Crippen LogP contribution in [0.25, 0.3) is 27.7 Å². The van der Waals surface area contributed by atoms with Crippen LogP contribution in [0.15, 0.2) is 89.0 Å². The van der Waals surface area contributed by atoms with Crippen LogP contribution in [0.2, 0.25) is 0 Å². The third kappa shape index (κ3) is 5.51. The van der Waals surface area contributed by atoms with E-state index in [0.717, 1.165) is 45.4 Å². The Labute approximate surface area is 254 Å².